The molecule has 17 heavy (non-hydrogen) atoms. The van der Waals surface area contributed by atoms with Gasteiger partial charge in [-0.1, -0.05) is 0 Å². The molecule has 3 unspecified atom stereocenters. The van der Waals surface area contributed by atoms with Crippen LogP contribution in [0.4, 0.5) is 0 Å². The average molecular weight is 253 g/mol. The fourth-order valence-corrected chi connectivity index (χ4v) is 3.68. The molecule has 1 aromatic rings. The summed E-state index contributed by atoms with van der Waals surface area (Å²) in [6.07, 6.45) is 4.52. The van der Waals surface area contributed by atoms with Crippen LogP contribution < -0.4 is 0 Å². The molecule has 92 valence electrons. The van der Waals surface area contributed by atoms with E-state index in [2.05, 4.69) is 9.72 Å². The highest BCUT2D eigenvalue weighted by atomic mass is 32.1. The number of thiazole rings is 1. The van der Waals surface area contributed by atoms with Crippen molar-refractivity contribution < 1.29 is 14.3 Å². The lowest BCUT2D eigenvalue weighted by atomic mass is 9.90. The Balaban J connectivity index is 1.70. The van der Waals surface area contributed by atoms with Gasteiger partial charge in [0.15, 0.2) is 0 Å². The molecule has 3 heterocycles. The highest BCUT2D eigenvalue weighted by Crippen LogP contribution is 2.45. The lowest BCUT2D eigenvalue weighted by Crippen LogP contribution is -2.14. The number of esters is 1. The molecule has 3 atom stereocenters. The Kier molecular flexibility index (Phi) is 2.88. The Bertz CT molecular complexity index is 431. The van der Waals surface area contributed by atoms with E-state index < -0.39 is 0 Å². The van der Waals surface area contributed by atoms with E-state index in [9.17, 15) is 4.79 Å². The largest absolute Gasteiger partial charge is 0.469 e. The van der Waals surface area contributed by atoms with Crippen molar-refractivity contribution in [1.29, 1.82) is 0 Å². The maximum absolute atomic E-state index is 11.2. The summed E-state index contributed by atoms with van der Waals surface area (Å²) in [6, 6.07) is 0. The van der Waals surface area contributed by atoms with Crippen LogP contribution in [0.2, 0.25) is 0 Å². The van der Waals surface area contributed by atoms with Crippen molar-refractivity contribution >= 4 is 17.3 Å². The molecule has 2 aliphatic rings. The normalized spacial score (nSPS) is 30.8. The number of fused-ring (bicyclic) bond motifs is 2. The second kappa shape index (κ2) is 4.38. The standard InChI is InChI=1S/C12H15NO3S/c1-15-11(14)4-7-6-17-12(13-7)9-5-8-2-3-10(9)16-8/h6,8-10H,2-5H2,1H3. The zero-order valence-electron chi connectivity index (χ0n) is 9.72. The Labute approximate surface area is 104 Å². The van der Waals surface area contributed by atoms with Gasteiger partial charge in [0.1, 0.15) is 0 Å². The third-order valence-electron chi connectivity index (χ3n) is 3.55. The molecule has 2 bridgehead atoms. The Morgan fingerprint density at radius 2 is 2.53 bits per heavy atom. The van der Waals surface area contributed by atoms with Crippen molar-refractivity contribution in [2.45, 2.75) is 43.8 Å². The monoisotopic (exact) mass is 253 g/mol. The van der Waals surface area contributed by atoms with Gasteiger partial charge in [0, 0.05) is 11.3 Å². The summed E-state index contributed by atoms with van der Waals surface area (Å²) in [5.41, 5.74) is 0.819. The fourth-order valence-electron chi connectivity index (χ4n) is 2.69. The van der Waals surface area contributed by atoms with E-state index in [1.54, 1.807) is 11.3 Å². The molecule has 1 aromatic heterocycles. The molecule has 0 aromatic carbocycles. The Morgan fingerprint density at radius 3 is 3.18 bits per heavy atom. The lowest BCUT2D eigenvalue weighted by Gasteiger charge is -2.15. The first-order valence-electron chi connectivity index (χ1n) is 5.93. The predicted octanol–water partition coefficient (Wildman–Crippen LogP) is 1.89. The first-order chi connectivity index (χ1) is 8.26. The summed E-state index contributed by atoms with van der Waals surface area (Å²) in [5, 5.41) is 3.08. The molecule has 0 saturated carbocycles. The number of hydrogen-bond donors (Lipinski definition) is 0. The molecule has 5 heteroatoms. The van der Waals surface area contributed by atoms with Crippen LogP contribution in [0.5, 0.6) is 0 Å². The second-order valence-electron chi connectivity index (χ2n) is 4.65. The Hall–Kier alpha value is -0.940. The van der Waals surface area contributed by atoms with Gasteiger partial charge in [0.05, 0.1) is 36.4 Å². The van der Waals surface area contributed by atoms with Crippen molar-refractivity contribution in [3.8, 4) is 0 Å². The van der Waals surface area contributed by atoms with Gasteiger partial charge in [-0.15, -0.1) is 11.3 Å². The third kappa shape index (κ3) is 2.09. The average Bonchev–Trinajstić information content (AvgIpc) is 3.03. The van der Waals surface area contributed by atoms with Gasteiger partial charge in [-0.25, -0.2) is 4.98 Å². The molecular weight excluding hydrogens is 238 g/mol. The summed E-state index contributed by atoms with van der Waals surface area (Å²) < 4.78 is 10.5. The summed E-state index contributed by atoms with van der Waals surface area (Å²) in [6.45, 7) is 0. The topological polar surface area (TPSA) is 48.4 Å². The lowest BCUT2D eigenvalue weighted by molar-refractivity contribution is -0.139. The molecule has 2 aliphatic heterocycles. The van der Waals surface area contributed by atoms with Gasteiger partial charge in [0.2, 0.25) is 0 Å². The van der Waals surface area contributed by atoms with E-state index in [0.29, 0.717) is 18.1 Å². The van der Waals surface area contributed by atoms with Crippen LogP contribution in [0.15, 0.2) is 5.38 Å². The Morgan fingerprint density at radius 1 is 1.65 bits per heavy atom. The zero-order chi connectivity index (χ0) is 11.8. The molecule has 0 aliphatic carbocycles. The molecule has 2 saturated heterocycles. The number of ether oxygens (including phenoxy) is 2. The minimum atomic E-state index is -0.231. The van der Waals surface area contributed by atoms with E-state index in [1.165, 1.54) is 13.5 Å². The van der Waals surface area contributed by atoms with E-state index in [1.807, 2.05) is 5.38 Å². The SMILES string of the molecule is COC(=O)Cc1csc(C2CC3CCC2O3)n1. The number of nitrogens with zero attached hydrogens (tertiary/aromatic N) is 1. The molecule has 2 fully saturated rings. The molecule has 0 radical (unpaired) electrons. The van der Waals surface area contributed by atoms with Crippen LogP contribution in [0.1, 0.15) is 35.9 Å². The quantitative estimate of drug-likeness (QED) is 0.772. The van der Waals surface area contributed by atoms with E-state index >= 15 is 0 Å². The fraction of sp³-hybridized carbons (Fsp3) is 0.667. The number of methoxy groups -OCH3 is 1. The van der Waals surface area contributed by atoms with E-state index in [-0.39, 0.29) is 12.4 Å². The van der Waals surface area contributed by atoms with Gasteiger partial charge in [0.25, 0.3) is 0 Å². The third-order valence-corrected chi connectivity index (χ3v) is 4.57. The minimum absolute atomic E-state index is 0.231. The number of rotatable bonds is 3. The summed E-state index contributed by atoms with van der Waals surface area (Å²) >= 11 is 1.64. The first kappa shape index (κ1) is 11.2. The highest BCUT2D eigenvalue weighted by molar-refractivity contribution is 7.09. The van der Waals surface area contributed by atoms with Crippen molar-refractivity contribution in [2.24, 2.45) is 0 Å². The smallest absolute Gasteiger partial charge is 0.311 e. The molecular formula is C12H15NO3S. The molecule has 0 N–H and O–H groups in total. The van der Waals surface area contributed by atoms with Crippen molar-refractivity contribution in [2.75, 3.05) is 7.11 Å². The maximum atomic E-state index is 11.2. The van der Waals surface area contributed by atoms with Gasteiger partial charge in [-0.3, -0.25) is 4.79 Å². The van der Waals surface area contributed by atoms with Crippen LogP contribution in [0.25, 0.3) is 0 Å². The molecule has 0 amide bonds. The first-order valence-corrected chi connectivity index (χ1v) is 6.81. The van der Waals surface area contributed by atoms with Crippen molar-refractivity contribution in [1.82, 2.24) is 4.98 Å². The number of aromatic nitrogens is 1. The van der Waals surface area contributed by atoms with Crippen LogP contribution >= 0.6 is 11.3 Å². The van der Waals surface area contributed by atoms with Crippen LogP contribution in [-0.4, -0.2) is 30.3 Å². The van der Waals surface area contributed by atoms with E-state index in [0.717, 1.165) is 23.5 Å². The second-order valence-corrected chi connectivity index (χ2v) is 5.54. The number of hydrogen-bond acceptors (Lipinski definition) is 5. The highest BCUT2D eigenvalue weighted by Gasteiger charge is 2.42. The molecule has 4 nitrogen and oxygen atoms in total. The number of carbonyl (C=O) groups excluding carboxylic acids is 1. The molecule has 0 spiro atoms. The summed E-state index contributed by atoms with van der Waals surface area (Å²) in [7, 11) is 1.40. The van der Waals surface area contributed by atoms with Gasteiger partial charge in [-0.05, 0) is 19.3 Å². The van der Waals surface area contributed by atoms with Crippen molar-refractivity contribution in [3.05, 3.63) is 16.1 Å². The van der Waals surface area contributed by atoms with Gasteiger partial charge < -0.3 is 9.47 Å². The van der Waals surface area contributed by atoms with Gasteiger partial charge >= 0.3 is 5.97 Å². The van der Waals surface area contributed by atoms with Crippen LogP contribution in [-0.2, 0) is 20.7 Å². The van der Waals surface area contributed by atoms with Crippen LogP contribution in [0, 0.1) is 0 Å². The molecule has 3 rings (SSSR count). The van der Waals surface area contributed by atoms with Gasteiger partial charge in [-0.2, -0.15) is 0 Å². The summed E-state index contributed by atoms with van der Waals surface area (Å²) in [4.78, 5) is 15.7. The van der Waals surface area contributed by atoms with Crippen molar-refractivity contribution in [3.63, 3.8) is 0 Å². The summed E-state index contributed by atoms with van der Waals surface area (Å²) in [5.74, 6) is 0.219. The van der Waals surface area contributed by atoms with Crippen LogP contribution in [0.3, 0.4) is 0 Å². The number of carbonyl (C=O) groups is 1. The zero-order valence-corrected chi connectivity index (χ0v) is 10.5. The minimum Gasteiger partial charge on any atom is -0.469 e. The maximum Gasteiger partial charge on any atom is 0.311 e. The predicted molar refractivity (Wildman–Crippen MR) is 63.1 cm³/mol. The van der Waals surface area contributed by atoms with E-state index in [4.69, 9.17) is 4.74 Å².